The lowest BCUT2D eigenvalue weighted by Crippen LogP contribution is -2.42. The van der Waals surface area contributed by atoms with Crippen LogP contribution in [-0.2, 0) is 27.5 Å². The molecule has 7 heteroatoms. The molecule has 1 amide bonds. The molecule has 5 nitrogen and oxygen atoms in total. The number of nitrogens with one attached hydrogen (secondary N) is 1. The van der Waals surface area contributed by atoms with Crippen LogP contribution in [0.1, 0.15) is 32.8 Å². The van der Waals surface area contributed by atoms with Crippen LogP contribution in [0.3, 0.4) is 0 Å². The van der Waals surface area contributed by atoms with Crippen LogP contribution in [0.4, 0.5) is 0 Å². The average Bonchev–Trinajstić information content (AvgIpc) is 3.35. The van der Waals surface area contributed by atoms with E-state index in [2.05, 4.69) is 5.32 Å². The molecule has 3 aromatic rings. The minimum atomic E-state index is -0.687. The van der Waals surface area contributed by atoms with Gasteiger partial charge in [0.15, 0.2) is 0 Å². The summed E-state index contributed by atoms with van der Waals surface area (Å²) in [6.45, 7) is 3.01. The number of esters is 1. The maximum absolute atomic E-state index is 13.3. The normalized spacial score (nSPS) is 11.7. The van der Waals surface area contributed by atoms with Crippen molar-refractivity contribution in [3.05, 3.63) is 81.5 Å². The molecule has 0 spiro atoms. The van der Waals surface area contributed by atoms with Gasteiger partial charge >= 0.3 is 5.97 Å². The number of rotatable bonds is 11. The Morgan fingerprint density at radius 2 is 1.88 bits per heavy atom. The zero-order chi connectivity index (χ0) is 23.6. The second kappa shape index (κ2) is 12.6. The highest BCUT2D eigenvalue weighted by atomic mass is 32.2. The third kappa shape index (κ3) is 6.93. The number of amides is 1. The Kier molecular flexibility index (Phi) is 9.54. The molecule has 0 fully saturated rings. The van der Waals surface area contributed by atoms with Crippen LogP contribution < -0.4 is 5.32 Å². The molecule has 0 radical (unpaired) electrons. The maximum Gasteiger partial charge on any atom is 0.328 e. The number of hydrogen-bond donors (Lipinski definition) is 1. The van der Waals surface area contributed by atoms with Crippen molar-refractivity contribution in [1.29, 1.82) is 0 Å². The zero-order valence-corrected chi connectivity index (χ0v) is 20.8. The van der Waals surface area contributed by atoms with Gasteiger partial charge in [0, 0.05) is 10.4 Å². The summed E-state index contributed by atoms with van der Waals surface area (Å²) < 4.78 is 10.8. The summed E-state index contributed by atoms with van der Waals surface area (Å²) in [6, 6.07) is 17.0. The van der Waals surface area contributed by atoms with E-state index in [9.17, 15) is 9.59 Å². The molecule has 3 rings (SSSR count). The van der Waals surface area contributed by atoms with E-state index in [1.807, 2.05) is 73.2 Å². The largest absolute Gasteiger partial charge is 0.467 e. The minimum absolute atomic E-state index is 0.296. The molecule has 0 aliphatic carbocycles. The van der Waals surface area contributed by atoms with Gasteiger partial charge in [0.25, 0.3) is 5.91 Å². The van der Waals surface area contributed by atoms with Crippen LogP contribution in [0.15, 0.2) is 60.0 Å². The van der Waals surface area contributed by atoms with Crippen molar-refractivity contribution in [3.8, 4) is 11.1 Å². The average molecular weight is 484 g/mol. The highest BCUT2D eigenvalue weighted by Gasteiger charge is 2.23. The number of thioether (sulfide) groups is 1. The Morgan fingerprint density at radius 3 is 2.58 bits per heavy atom. The predicted octanol–water partition coefficient (Wildman–Crippen LogP) is 5.46. The number of carbonyl (C=O) groups is 2. The highest BCUT2D eigenvalue weighted by Crippen LogP contribution is 2.29. The van der Waals surface area contributed by atoms with Gasteiger partial charge in [-0.1, -0.05) is 36.4 Å². The van der Waals surface area contributed by atoms with E-state index < -0.39 is 12.0 Å². The lowest BCUT2D eigenvalue weighted by molar-refractivity contribution is -0.142. The molecule has 0 bridgehead atoms. The minimum Gasteiger partial charge on any atom is -0.467 e. The molecular formula is C26H29NO4S2. The van der Waals surface area contributed by atoms with Gasteiger partial charge in [-0.2, -0.15) is 11.8 Å². The van der Waals surface area contributed by atoms with Crippen molar-refractivity contribution in [2.75, 3.05) is 19.1 Å². The van der Waals surface area contributed by atoms with Crippen molar-refractivity contribution < 1.29 is 19.1 Å². The van der Waals surface area contributed by atoms with E-state index in [4.69, 9.17) is 9.47 Å². The van der Waals surface area contributed by atoms with Crippen LogP contribution in [0.25, 0.3) is 11.1 Å². The third-order valence-electron chi connectivity index (χ3n) is 5.26. The van der Waals surface area contributed by atoms with Crippen LogP contribution in [0.5, 0.6) is 0 Å². The fourth-order valence-electron chi connectivity index (χ4n) is 3.50. The second-order valence-corrected chi connectivity index (χ2v) is 9.62. The molecular weight excluding hydrogens is 454 g/mol. The van der Waals surface area contributed by atoms with Gasteiger partial charge in [0.05, 0.1) is 20.3 Å². The molecule has 174 valence electrons. The van der Waals surface area contributed by atoms with Crippen LogP contribution in [0, 0.1) is 6.92 Å². The van der Waals surface area contributed by atoms with Crippen molar-refractivity contribution in [2.45, 2.75) is 32.6 Å². The summed E-state index contributed by atoms with van der Waals surface area (Å²) in [5, 5.41) is 4.90. The number of methoxy groups -OCH3 is 1. The highest BCUT2D eigenvalue weighted by molar-refractivity contribution is 7.98. The van der Waals surface area contributed by atoms with Gasteiger partial charge in [-0.05, 0) is 71.2 Å². The van der Waals surface area contributed by atoms with E-state index in [0.717, 1.165) is 28.0 Å². The molecule has 33 heavy (non-hydrogen) atoms. The first-order chi connectivity index (χ1) is 16.0. The number of carbonyl (C=O) groups excluding carboxylic acids is 2. The first kappa shape index (κ1) is 25.0. The Balaban J connectivity index is 1.86. The first-order valence-corrected chi connectivity index (χ1v) is 13.0. The molecule has 1 unspecified atom stereocenters. The Labute approximate surface area is 203 Å². The summed E-state index contributed by atoms with van der Waals surface area (Å²) in [5.74, 6) is 0.00911. The Hall–Kier alpha value is -2.61. The third-order valence-corrected chi connectivity index (χ3v) is 6.75. The summed E-state index contributed by atoms with van der Waals surface area (Å²) >= 11 is 3.28. The van der Waals surface area contributed by atoms with E-state index in [-0.39, 0.29) is 5.91 Å². The molecule has 0 saturated heterocycles. The van der Waals surface area contributed by atoms with Crippen molar-refractivity contribution >= 4 is 35.0 Å². The van der Waals surface area contributed by atoms with Gasteiger partial charge in [-0.15, -0.1) is 11.3 Å². The fourth-order valence-corrected chi connectivity index (χ4v) is 4.62. The number of benzene rings is 2. The van der Waals surface area contributed by atoms with E-state index in [0.29, 0.717) is 25.2 Å². The van der Waals surface area contributed by atoms with E-state index in [1.165, 1.54) is 12.0 Å². The first-order valence-electron chi connectivity index (χ1n) is 10.7. The number of ether oxygens (including phenoxy) is 2. The molecule has 2 aromatic carbocycles. The predicted molar refractivity (Wildman–Crippen MR) is 136 cm³/mol. The van der Waals surface area contributed by atoms with E-state index in [1.54, 1.807) is 23.1 Å². The van der Waals surface area contributed by atoms with Gasteiger partial charge in [-0.25, -0.2) is 4.79 Å². The van der Waals surface area contributed by atoms with Gasteiger partial charge in [0.2, 0.25) is 0 Å². The van der Waals surface area contributed by atoms with Crippen molar-refractivity contribution in [2.24, 2.45) is 0 Å². The fraction of sp³-hybridized carbons (Fsp3) is 0.308. The van der Waals surface area contributed by atoms with Crippen molar-refractivity contribution in [1.82, 2.24) is 5.32 Å². The molecule has 1 aromatic heterocycles. The smallest absolute Gasteiger partial charge is 0.328 e. The quantitative estimate of drug-likeness (QED) is 0.367. The molecule has 0 aliphatic rings. The van der Waals surface area contributed by atoms with E-state index >= 15 is 0 Å². The number of hydrogen-bond acceptors (Lipinski definition) is 6. The monoisotopic (exact) mass is 483 g/mol. The van der Waals surface area contributed by atoms with Crippen LogP contribution >= 0.6 is 23.1 Å². The molecule has 1 N–H and O–H groups in total. The SMILES string of the molecule is COC(=O)C(CCSC)NC(=O)c1ccc(COCc2cccs2)cc1-c1ccccc1C. The standard InChI is InChI=1S/C26H29NO4S2/c1-18-7-4-5-9-21(18)23-15-19(16-31-17-20-8-6-13-33-20)10-11-22(23)25(28)27-24(12-14-32-3)26(29)30-2/h4-11,13,15,24H,12,14,16-17H2,1-3H3,(H,27,28). The summed E-state index contributed by atoms with van der Waals surface area (Å²) in [5.41, 5.74) is 4.35. The second-order valence-electron chi connectivity index (χ2n) is 7.60. The summed E-state index contributed by atoms with van der Waals surface area (Å²) in [6.07, 6.45) is 2.47. The lowest BCUT2D eigenvalue weighted by Gasteiger charge is -2.19. The topological polar surface area (TPSA) is 64.6 Å². The Morgan fingerprint density at radius 1 is 1.06 bits per heavy atom. The zero-order valence-electron chi connectivity index (χ0n) is 19.1. The number of aryl methyl sites for hydroxylation is 1. The van der Waals surface area contributed by atoms with Gasteiger partial charge < -0.3 is 14.8 Å². The lowest BCUT2D eigenvalue weighted by atomic mass is 9.93. The molecule has 0 aliphatic heterocycles. The summed E-state index contributed by atoms with van der Waals surface area (Å²) in [7, 11) is 1.34. The van der Waals surface area contributed by atoms with Gasteiger partial charge in [-0.3, -0.25) is 4.79 Å². The number of thiophene rings is 1. The maximum atomic E-state index is 13.3. The molecule has 1 atom stereocenters. The van der Waals surface area contributed by atoms with Crippen LogP contribution in [0.2, 0.25) is 0 Å². The van der Waals surface area contributed by atoms with Crippen molar-refractivity contribution in [3.63, 3.8) is 0 Å². The van der Waals surface area contributed by atoms with Crippen LogP contribution in [-0.4, -0.2) is 37.0 Å². The molecule has 1 heterocycles. The summed E-state index contributed by atoms with van der Waals surface area (Å²) in [4.78, 5) is 26.6. The molecule has 0 saturated carbocycles. The Bertz CT molecular complexity index is 1070. The van der Waals surface area contributed by atoms with Gasteiger partial charge in [0.1, 0.15) is 6.04 Å².